The number of benzene rings is 2. The summed E-state index contributed by atoms with van der Waals surface area (Å²) in [4.78, 5) is 33.6. The summed E-state index contributed by atoms with van der Waals surface area (Å²) in [5.41, 5.74) is 2.98. The van der Waals surface area contributed by atoms with Crippen molar-refractivity contribution < 1.29 is 18.4 Å². The molecule has 280 valence electrons. The Balaban J connectivity index is 1.74. The van der Waals surface area contributed by atoms with Crippen molar-refractivity contribution in [2.75, 3.05) is 0 Å². The Hall–Kier alpha value is -4.00. The molecule has 0 radical (unpaired) electrons. The summed E-state index contributed by atoms with van der Waals surface area (Å²) >= 11 is 3.34. The molecule has 2 aromatic heterocycles. The van der Waals surface area contributed by atoms with E-state index in [2.05, 4.69) is 120 Å². The van der Waals surface area contributed by atoms with Gasteiger partial charge >= 0.3 is 0 Å². The smallest absolute Gasteiger partial charge is 0.185 e. The molecule has 0 N–H and O–H groups in total. The lowest BCUT2D eigenvalue weighted by Crippen LogP contribution is -2.52. The molecular formula is C48H50F2O2S2. The van der Waals surface area contributed by atoms with Gasteiger partial charge in [0.2, 0.25) is 0 Å². The van der Waals surface area contributed by atoms with Crippen molar-refractivity contribution in [2.24, 2.45) is 21.7 Å². The number of carbonyl (C=O) groups is 2. The van der Waals surface area contributed by atoms with Gasteiger partial charge in [0, 0.05) is 41.8 Å². The molecule has 3 aliphatic rings. The average Bonchev–Trinajstić information content (AvgIpc) is 3.70. The third-order valence-corrected chi connectivity index (χ3v) is 13.8. The predicted molar refractivity (Wildman–Crippen MR) is 222 cm³/mol. The summed E-state index contributed by atoms with van der Waals surface area (Å²) in [7, 11) is 0. The van der Waals surface area contributed by atoms with Gasteiger partial charge in [-0.15, -0.1) is 22.7 Å². The van der Waals surface area contributed by atoms with E-state index in [1.165, 1.54) is 24.3 Å². The van der Waals surface area contributed by atoms with E-state index < -0.39 is 32.5 Å². The van der Waals surface area contributed by atoms with Crippen molar-refractivity contribution in [1.82, 2.24) is 0 Å². The lowest BCUT2D eigenvalue weighted by atomic mass is 9.49. The molecule has 0 saturated heterocycles. The zero-order chi connectivity index (χ0) is 39.6. The molecule has 2 heterocycles. The molecule has 2 aromatic carbocycles. The minimum absolute atomic E-state index is 0.0450. The minimum atomic E-state index is -0.934. The van der Waals surface area contributed by atoms with Crippen LogP contribution in [0.3, 0.4) is 0 Å². The van der Waals surface area contributed by atoms with E-state index in [0.29, 0.717) is 0 Å². The fourth-order valence-electron chi connectivity index (χ4n) is 8.20. The van der Waals surface area contributed by atoms with Gasteiger partial charge in [0.25, 0.3) is 0 Å². The van der Waals surface area contributed by atoms with E-state index in [1.54, 1.807) is 22.7 Å². The van der Waals surface area contributed by atoms with Crippen LogP contribution in [0.15, 0.2) is 107 Å². The number of allylic oxidation sites excluding steroid dienone is 8. The number of hydrogen-bond donors (Lipinski definition) is 0. The van der Waals surface area contributed by atoms with E-state index in [1.807, 2.05) is 24.3 Å². The third kappa shape index (κ3) is 5.99. The van der Waals surface area contributed by atoms with Gasteiger partial charge in [-0.2, -0.15) is 0 Å². The summed E-state index contributed by atoms with van der Waals surface area (Å²) in [6.07, 6.45) is 8.94. The summed E-state index contributed by atoms with van der Waals surface area (Å²) in [6, 6.07) is 17.7. The number of fused-ring (bicyclic) bond motifs is 6. The van der Waals surface area contributed by atoms with E-state index in [9.17, 15) is 18.4 Å². The Kier molecular flexibility index (Phi) is 8.68. The topological polar surface area (TPSA) is 34.1 Å². The molecular weight excluding hydrogens is 711 g/mol. The van der Waals surface area contributed by atoms with Crippen LogP contribution in [0, 0.1) is 33.3 Å². The van der Waals surface area contributed by atoms with E-state index in [0.717, 1.165) is 64.1 Å². The summed E-state index contributed by atoms with van der Waals surface area (Å²) in [5.74, 6) is -0.507. The molecule has 0 aliphatic heterocycles. The maximum absolute atomic E-state index is 14.8. The summed E-state index contributed by atoms with van der Waals surface area (Å²) in [6.45, 7) is 25.2. The van der Waals surface area contributed by atoms with Gasteiger partial charge in [-0.1, -0.05) is 132 Å². The number of rotatable bonds is 2. The highest BCUT2D eigenvalue weighted by Gasteiger charge is 2.61. The van der Waals surface area contributed by atoms with Crippen LogP contribution < -0.4 is 0 Å². The SMILES string of the molecule is CC(C)(C)C1=CC2(C=C(C(C)(C)C)C1=O)c1sc(-c3ccc(F)cc3)cc1-c1cc(-c3ccc(F)cc3)sc1C21C=C(C(C)(C)C)C(=O)C(C(C)(C)C)=C1. The van der Waals surface area contributed by atoms with E-state index >= 15 is 0 Å². The van der Waals surface area contributed by atoms with Gasteiger partial charge in [-0.05, 0) is 80.3 Å². The first-order valence-corrected chi connectivity index (χ1v) is 20.3. The molecule has 0 unspecified atom stereocenters. The Morgan fingerprint density at radius 2 is 0.704 bits per heavy atom. The number of ketones is 2. The van der Waals surface area contributed by atoms with Crippen molar-refractivity contribution in [2.45, 2.75) is 93.9 Å². The molecule has 6 heteroatoms. The molecule has 7 rings (SSSR count). The number of Topliss-reactive ketones (excluding diaryl/α,β-unsaturated/α-hetero) is 2. The Labute approximate surface area is 327 Å². The first kappa shape index (κ1) is 38.3. The van der Waals surface area contributed by atoms with Crippen LogP contribution >= 0.6 is 22.7 Å². The fraction of sp³-hybridized carbons (Fsp3) is 0.375. The van der Waals surface area contributed by atoms with Crippen LogP contribution in [-0.4, -0.2) is 11.6 Å². The van der Waals surface area contributed by atoms with Crippen molar-refractivity contribution in [3.8, 4) is 32.0 Å². The summed E-state index contributed by atoms with van der Waals surface area (Å²) in [5, 5.41) is 0. The first-order chi connectivity index (χ1) is 24.9. The fourth-order valence-corrected chi connectivity index (χ4v) is 11.0. The molecule has 3 aliphatic carbocycles. The number of carbonyl (C=O) groups excluding carboxylic acids is 2. The van der Waals surface area contributed by atoms with Crippen LogP contribution in [0.4, 0.5) is 8.78 Å². The van der Waals surface area contributed by atoms with Crippen molar-refractivity contribution >= 4 is 34.2 Å². The lowest BCUT2D eigenvalue weighted by Gasteiger charge is -2.53. The molecule has 4 aromatic rings. The Bertz CT molecular complexity index is 2110. The van der Waals surface area contributed by atoms with Crippen LogP contribution in [0.5, 0.6) is 0 Å². The van der Waals surface area contributed by atoms with Gasteiger partial charge in [0.15, 0.2) is 11.6 Å². The predicted octanol–water partition coefficient (Wildman–Crippen LogP) is 13.6. The van der Waals surface area contributed by atoms with E-state index in [-0.39, 0.29) is 23.2 Å². The maximum atomic E-state index is 14.8. The number of thiophene rings is 2. The molecule has 0 atom stereocenters. The van der Waals surface area contributed by atoms with Crippen molar-refractivity contribution in [1.29, 1.82) is 0 Å². The standard InChI is InChI=1S/C48H50F2O2S2/c1-43(2,3)33-23-47(24-34(39(33)51)44(4,5)6)41-31(21-37(53-41)27-13-17-29(49)18-14-27)32-22-38(28-15-19-30(50)20-16-28)54-42(32)48(47)25-35(45(7,8)9)40(52)36(26-48)46(10,11)12/h13-26H,1-12H3. The maximum Gasteiger partial charge on any atom is 0.185 e. The number of halogens is 2. The largest absolute Gasteiger partial charge is 0.289 e. The van der Waals surface area contributed by atoms with Gasteiger partial charge < -0.3 is 0 Å². The second kappa shape index (κ2) is 12.2. The first-order valence-electron chi connectivity index (χ1n) is 18.7. The highest BCUT2D eigenvalue weighted by molar-refractivity contribution is 7.17. The normalized spacial score (nSPS) is 18.3. The molecule has 0 amide bonds. The highest BCUT2D eigenvalue weighted by atomic mass is 32.1. The van der Waals surface area contributed by atoms with Gasteiger partial charge in [-0.3, -0.25) is 9.59 Å². The van der Waals surface area contributed by atoms with Gasteiger partial charge in [0.05, 0.1) is 10.8 Å². The van der Waals surface area contributed by atoms with Crippen molar-refractivity contribution in [3.63, 3.8) is 0 Å². The van der Waals surface area contributed by atoms with Gasteiger partial charge in [0.1, 0.15) is 11.6 Å². The molecule has 0 fully saturated rings. The zero-order valence-corrected chi connectivity index (χ0v) is 35.1. The Morgan fingerprint density at radius 3 is 0.944 bits per heavy atom. The summed E-state index contributed by atoms with van der Waals surface area (Å²) < 4.78 is 28.6. The highest BCUT2D eigenvalue weighted by Crippen LogP contribution is 2.67. The van der Waals surface area contributed by atoms with Crippen LogP contribution in [0.2, 0.25) is 0 Å². The molecule has 2 nitrogen and oxygen atoms in total. The monoisotopic (exact) mass is 760 g/mol. The second-order valence-corrected chi connectivity index (χ2v) is 21.5. The van der Waals surface area contributed by atoms with Crippen LogP contribution in [-0.2, 0) is 20.4 Å². The van der Waals surface area contributed by atoms with Crippen LogP contribution in [0.1, 0.15) is 92.8 Å². The zero-order valence-electron chi connectivity index (χ0n) is 33.5. The molecule has 2 spiro atoms. The quantitative estimate of drug-likeness (QED) is 0.204. The molecule has 54 heavy (non-hydrogen) atoms. The van der Waals surface area contributed by atoms with Crippen LogP contribution in [0.25, 0.3) is 32.0 Å². The second-order valence-electron chi connectivity index (χ2n) is 19.3. The van der Waals surface area contributed by atoms with E-state index in [4.69, 9.17) is 0 Å². The lowest BCUT2D eigenvalue weighted by molar-refractivity contribution is -0.115. The number of hydrogen-bond acceptors (Lipinski definition) is 4. The minimum Gasteiger partial charge on any atom is -0.289 e. The van der Waals surface area contributed by atoms with Crippen molar-refractivity contribution in [3.05, 3.63) is 129 Å². The van der Waals surface area contributed by atoms with Gasteiger partial charge in [-0.25, -0.2) is 8.78 Å². The molecule has 0 saturated carbocycles. The third-order valence-electron chi connectivity index (χ3n) is 11.1. The average molecular weight is 761 g/mol. The Morgan fingerprint density at radius 1 is 0.444 bits per heavy atom. The molecule has 0 bridgehead atoms.